The third kappa shape index (κ3) is 1.43. The Bertz CT molecular complexity index is 86.9. The third-order valence-electron chi connectivity index (χ3n) is 2.30. The molecule has 2 heteroatoms. The van der Waals surface area contributed by atoms with Gasteiger partial charge in [-0.15, -0.1) is 0 Å². The molecule has 4 N–H and O–H groups in total. The molecule has 1 rings (SSSR count). The molecular formula is C7H16N2. The molecule has 0 heterocycles. The Morgan fingerprint density at radius 1 is 1.33 bits per heavy atom. The van der Waals surface area contributed by atoms with E-state index in [4.69, 9.17) is 11.5 Å². The van der Waals surface area contributed by atoms with Crippen molar-refractivity contribution in [1.29, 1.82) is 0 Å². The second-order valence-electron chi connectivity index (χ2n) is 3.13. The van der Waals surface area contributed by atoms with Crippen molar-refractivity contribution in [3.63, 3.8) is 0 Å². The van der Waals surface area contributed by atoms with Crippen LogP contribution < -0.4 is 11.5 Å². The van der Waals surface area contributed by atoms with Gasteiger partial charge in [-0.1, -0.05) is 6.42 Å². The molecule has 1 saturated carbocycles. The van der Waals surface area contributed by atoms with Crippen molar-refractivity contribution in [3.8, 4) is 0 Å². The maximum absolute atomic E-state index is 5.80. The minimum Gasteiger partial charge on any atom is -0.327 e. The summed E-state index contributed by atoms with van der Waals surface area (Å²) in [5.41, 5.74) is 11.4. The van der Waals surface area contributed by atoms with E-state index >= 15 is 0 Å². The summed E-state index contributed by atoms with van der Waals surface area (Å²) in [5.74, 6) is 0.727. The average Bonchev–Trinajstić information content (AvgIpc) is 1.60. The molecule has 0 saturated heterocycles. The van der Waals surface area contributed by atoms with Gasteiger partial charge in [0.05, 0.1) is 0 Å². The molecule has 0 spiro atoms. The van der Waals surface area contributed by atoms with Crippen molar-refractivity contribution in [2.45, 2.75) is 38.3 Å². The van der Waals surface area contributed by atoms with Gasteiger partial charge in [-0.05, 0) is 25.7 Å². The summed E-state index contributed by atoms with van der Waals surface area (Å²) in [4.78, 5) is 0. The summed E-state index contributed by atoms with van der Waals surface area (Å²) in [6.45, 7) is 1.99. The van der Waals surface area contributed by atoms with E-state index in [2.05, 4.69) is 0 Å². The highest BCUT2D eigenvalue weighted by atomic mass is 14.8. The zero-order valence-corrected chi connectivity index (χ0v) is 6.01. The van der Waals surface area contributed by atoms with Crippen LogP contribution in [-0.4, -0.2) is 12.1 Å². The fraction of sp³-hybridized carbons (Fsp3) is 1.00. The fourth-order valence-electron chi connectivity index (χ4n) is 1.25. The summed E-state index contributed by atoms with van der Waals surface area (Å²) in [5, 5.41) is 0. The Balaban J connectivity index is 2.23. The van der Waals surface area contributed by atoms with Crippen molar-refractivity contribution < 1.29 is 0 Å². The van der Waals surface area contributed by atoms with Gasteiger partial charge in [0.2, 0.25) is 0 Å². The molecule has 0 aromatic rings. The minimum atomic E-state index is 0.176. The zero-order valence-electron chi connectivity index (χ0n) is 6.01. The van der Waals surface area contributed by atoms with Crippen LogP contribution >= 0.6 is 0 Å². The predicted molar refractivity (Wildman–Crippen MR) is 39.0 cm³/mol. The molecule has 0 radical (unpaired) electrons. The molecule has 0 aromatic heterocycles. The maximum Gasteiger partial charge on any atom is 0.0218 e. The van der Waals surface area contributed by atoms with E-state index in [0.29, 0.717) is 0 Å². The highest BCUT2D eigenvalue weighted by Crippen LogP contribution is 2.29. The van der Waals surface area contributed by atoms with Crippen molar-refractivity contribution in [2.24, 2.45) is 17.4 Å². The Kier molecular flexibility index (Phi) is 2.09. The van der Waals surface area contributed by atoms with E-state index in [1.54, 1.807) is 0 Å². The lowest BCUT2D eigenvalue weighted by molar-refractivity contribution is 0.242. The number of rotatable bonds is 2. The van der Waals surface area contributed by atoms with Crippen LogP contribution in [0.25, 0.3) is 0 Å². The molecular weight excluding hydrogens is 112 g/mol. The smallest absolute Gasteiger partial charge is 0.0218 e. The first-order chi connectivity index (χ1) is 4.22. The Morgan fingerprint density at radius 3 is 2.00 bits per heavy atom. The van der Waals surface area contributed by atoms with E-state index in [1.165, 1.54) is 19.3 Å². The molecule has 0 amide bonds. The third-order valence-corrected chi connectivity index (χ3v) is 2.30. The first-order valence-electron chi connectivity index (χ1n) is 3.73. The highest BCUT2D eigenvalue weighted by molar-refractivity contribution is 4.84. The molecule has 54 valence electrons. The molecule has 2 unspecified atom stereocenters. The summed E-state index contributed by atoms with van der Waals surface area (Å²) in [7, 11) is 0. The predicted octanol–water partition coefficient (Wildman–Crippen LogP) is 0.461. The normalized spacial score (nSPS) is 27.0. The van der Waals surface area contributed by atoms with Crippen LogP contribution in [0.2, 0.25) is 0 Å². The van der Waals surface area contributed by atoms with Crippen molar-refractivity contribution in [1.82, 2.24) is 0 Å². The monoisotopic (exact) mass is 128 g/mol. The Morgan fingerprint density at radius 2 is 1.89 bits per heavy atom. The molecule has 0 aliphatic heterocycles. The van der Waals surface area contributed by atoms with Gasteiger partial charge in [-0.25, -0.2) is 0 Å². The molecule has 2 nitrogen and oxygen atoms in total. The van der Waals surface area contributed by atoms with Crippen LogP contribution in [0.3, 0.4) is 0 Å². The van der Waals surface area contributed by atoms with Crippen molar-refractivity contribution >= 4 is 0 Å². The Hall–Kier alpha value is -0.0800. The van der Waals surface area contributed by atoms with E-state index < -0.39 is 0 Å². The van der Waals surface area contributed by atoms with E-state index in [9.17, 15) is 0 Å². The van der Waals surface area contributed by atoms with Crippen molar-refractivity contribution in [2.75, 3.05) is 0 Å². The van der Waals surface area contributed by atoms with Gasteiger partial charge >= 0.3 is 0 Å². The van der Waals surface area contributed by atoms with E-state index in [1.807, 2.05) is 6.92 Å². The maximum atomic E-state index is 5.80. The molecule has 0 aromatic carbocycles. The zero-order chi connectivity index (χ0) is 6.85. The van der Waals surface area contributed by atoms with Gasteiger partial charge in [0.1, 0.15) is 0 Å². The summed E-state index contributed by atoms with van der Waals surface area (Å²) in [6, 6.07) is 0.425. The lowest BCUT2D eigenvalue weighted by Crippen LogP contribution is -2.46. The molecule has 1 fully saturated rings. The lowest BCUT2D eigenvalue weighted by atomic mass is 9.78. The van der Waals surface area contributed by atoms with Crippen LogP contribution in [0.4, 0.5) is 0 Å². The molecule has 9 heavy (non-hydrogen) atoms. The van der Waals surface area contributed by atoms with Crippen LogP contribution in [0, 0.1) is 5.92 Å². The van der Waals surface area contributed by atoms with E-state index in [0.717, 1.165) is 5.92 Å². The van der Waals surface area contributed by atoms with Crippen LogP contribution in [0.5, 0.6) is 0 Å². The quantitative estimate of drug-likeness (QED) is 0.567. The summed E-state index contributed by atoms with van der Waals surface area (Å²) < 4.78 is 0. The second kappa shape index (κ2) is 2.67. The number of hydrogen-bond donors (Lipinski definition) is 2. The van der Waals surface area contributed by atoms with Crippen molar-refractivity contribution in [3.05, 3.63) is 0 Å². The van der Waals surface area contributed by atoms with Crippen LogP contribution in [0.15, 0.2) is 0 Å². The van der Waals surface area contributed by atoms with Gasteiger partial charge in [-0.3, -0.25) is 0 Å². The van der Waals surface area contributed by atoms with E-state index in [-0.39, 0.29) is 12.1 Å². The first kappa shape index (κ1) is 7.03. The average molecular weight is 128 g/mol. The summed E-state index contributed by atoms with van der Waals surface area (Å²) >= 11 is 0. The molecule has 1 aliphatic rings. The van der Waals surface area contributed by atoms with Gasteiger partial charge in [-0.2, -0.15) is 0 Å². The first-order valence-corrected chi connectivity index (χ1v) is 3.73. The standard InChI is InChI=1S/C7H16N2/c1-5(8)7(9)6-3-2-4-6/h5-7H,2-4,8-9H2,1H3. The Labute approximate surface area is 56.6 Å². The second-order valence-corrected chi connectivity index (χ2v) is 3.13. The number of hydrogen-bond acceptors (Lipinski definition) is 2. The number of nitrogens with two attached hydrogens (primary N) is 2. The van der Waals surface area contributed by atoms with Gasteiger partial charge in [0, 0.05) is 12.1 Å². The largest absolute Gasteiger partial charge is 0.327 e. The van der Waals surface area contributed by atoms with Crippen LogP contribution in [-0.2, 0) is 0 Å². The van der Waals surface area contributed by atoms with Gasteiger partial charge in [0.15, 0.2) is 0 Å². The van der Waals surface area contributed by atoms with Gasteiger partial charge < -0.3 is 11.5 Å². The lowest BCUT2D eigenvalue weighted by Gasteiger charge is -2.33. The molecule has 0 bridgehead atoms. The minimum absolute atomic E-state index is 0.176. The highest BCUT2D eigenvalue weighted by Gasteiger charge is 2.26. The topological polar surface area (TPSA) is 52.0 Å². The summed E-state index contributed by atoms with van der Waals surface area (Å²) in [6.07, 6.45) is 3.94. The molecule has 2 atom stereocenters. The molecule has 1 aliphatic carbocycles. The fourth-order valence-corrected chi connectivity index (χ4v) is 1.25. The SMILES string of the molecule is CC(N)C(N)C1CCC1. The van der Waals surface area contributed by atoms with Gasteiger partial charge in [0.25, 0.3) is 0 Å². The van der Waals surface area contributed by atoms with Crippen LogP contribution in [0.1, 0.15) is 26.2 Å².